The van der Waals surface area contributed by atoms with E-state index in [1.165, 1.54) is 32.1 Å². The number of hydrogen-bond donors (Lipinski definition) is 0. The van der Waals surface area contributed by atoms with Crippen molar-refractivity contribution in [1.29, 1.82) is 10.5 Å². The van der Waals surface area contributed by atoms with Gasteiger partial charge in [-0.2, -0.15) is 0 Å². The molecule has 6 aromatic rings. The number of aliphatic imine (C=N–C) groups is 2. The minimum atomic E-state index is -0.215. The van der Waals surface area contributed by atoms with Crippen LogP contribution in [0.3, 0.4) is 0 Å². The van der Waals surface area contributed by atoms with Crippen LogP contribution in [0, 0.1) is 49.7 Å². The molecule has 0 bridgehead atoms. The first kappa shape index (κ1) is 29.0. The Hall–Kier alpha value is -5.08. The van der Waals surface area contributed by atoms with Gasteiger partial charge in [-0.1, -0.05) is 45.8 Å². The summed E-state index contributed by atoms with van der Waals surface area (Å²) in [4.78, 5) is 18.6. The van der Waals surface area contributed by atoms with Crippen LogP contribution in [0.2, 0.25) is 0 Å². The van der Waals surface area contributed by atoms with Crippen LogP contribution in [0.25, 0.3) is 60.1 Å². The molecule has 0 N–H and O–H groups in total. The third-order valence-corrected chi connectivity index (χ3v) is 11.6. The third-order valence-electron chi connectivity index (χ3n) is 6.92. The minimum absolute atomic E-state index is 0.215. The molecular weight excluding hydrogens is 629 g/mol. The highest BCUT2D eigenvalue weighted by Gasteiger charge is 2.22. The number of methoxy groups -OCH3 is 2. The van der Waals surface area contributed by atoms with Crippen LogP contribution in [-0.2, 0) is 0 Å². The first-order chi connectivity index (χ1) is 21.3. The van der Waals surface area contributed by atoms with Gasteiger partial charge in [-0.25, -0.2) is 10.5 Å². The first-order valence-electron chi connectivity index (χ1n) is 12.8. The molecule has 0 aliphatic carbocycles. The fraction of sp³-hybridized carbons (Fsp3) is 0.125. The van der Waals surface area contributed by atoms with Crippen molar-refractivity contribution in [3.8, 4) is 43.1 Å². The van der Waals surface area contributed by atoms with E-state index in [2.05, 4.69) is 57.8 Å². The van der Waals surface area contributed by atoms with Gasteiger partial charge in [-0.05, 0) is 60.0 Å². The SMILES string of the molecule is [C-]#[N+]C(C#N)=Nc1cc(OC)c(-c2cc3c(C)cc4c(cc(C)c5cc(-c6sc(N=C(C#N)[N+]#[C-])cc6OC)sc54)c3s2)s1. The van der Waals surface area contributed by atoms with Gasteiger partial charge in [0.15, 0.2) is 0 Å². The molecule has 0 saturated heterocycles. The molecule has 4 heterocycles. The third kappa shape index (κ3) is 4.87. The van der Waals surface area contributed by atoms with E-state index < -0.39 is 0 Å². The Bertz CT molecular complexity index is 2190. The second-order valence-corrected chi connectivity index (χ2v) is 13.6. The second kappa shape index (κ2) is 11.5. The lowest BCUT2D eigenvalue weighted by Crippen LogP contribution is -1.81. The number of thiophene rings is 4. The molecular formula is C32H18N6O2S4. The fourth-order valence-corrected chi connectivity index (χ4v) is 9.67. The highest BCUT2D eigenvalue weighted by atomic mass is 32.1. The predicted molar refractivity (Wildman–Crippen MR) is 183 cm³/mol. The molecule has 44 heavy (non-hydrogen) atoms. The molecule has 0 aliphatic heterocycles. The van der Waals surface area contributed by atoms with E-state index in [4.69, 9.17) is 33.1 Å². The standard InChI is InChI=1S/C32H18N6O2S4/c1-15-7-19-20(29-17(15)9-23(41-29)31-21(39-5)11-27(43-31)37-25(13-33)35-3)8-16(2)18-10-24(42-30(18)19)32-22(40-6)12-28(44-32)38-26(14-34)36-4/h7-12H,1-2,5-6H3. The number of nitrogens with zero attached hydrogens (tertiary/aromatic N) is 6. The predicted octanol–water partition coefficient (Wildman–Crippen LogP) is 10.3. The molecule has 0 fully saturated rings. The summed E-state index contributed by atoms with van der Waals surface area (Å²) in [6.07, 6.45) is 0. The van der Waals surface area contributed by atoms with Crippen molar-refractivity contribution in [3.05, 3.63) is 70.4 Å². The van der Waals surface area contributed by atoms with E-state index in [1.54, 1.807) is 49.0 Å². The fourth-order valence-electron chi connectivity index (χ4n) is 4.95. The zero-order chi connectivity index (χ0) is 31.1. The lowest BCUT2D eigenvalue weighted by molar-refractivity contribution is 0.418. The Kier molecular flexibility index (Phi) is 7.61. The maximum atomic E-state index is 9.16. The molecule has 0 aliphatic rings. The van der Waals surface area contributed by atoms with Crippen molar-refractivity contribution in [3.63, 3.8) is 0 Å². The van der Waals surface area contributed by atoms with Gasteiger partial charge in [0.05, 0.1) is 24.0 Å². The summed E-state index contributed by atoms with van der Waals surface area (Å²) in [7, 11) is 3.21. The van der Waals surface area contributed by atoms with Gasteiger partial charge in [0, 0.05) is 42.1 Å². The van der Waals surface area contributed by atoms with E-state index in [9.17, 15) is 0 Å². The van der Waals surface area contributed by atoms with Crippen molar-refractivity contribution in [2.75, 3.05) is 14.2 Å². The number of fused-ring (bicyclic) bond motifs is 5. The number of hydrogen-bond acceptors (Lipinski definition) is 10. The van der Waals surface area contributed by atoms with Crippen molar-refractivity contribution >= 4 is 98.0 Å². The largest absolute Gasteiger partial charge is 0.495 e. The van der Waals surface area contributed by atoms with Gasteiger partial charge in [0.25, 0.3) is 0 Å². The lowest BCUT2D eigenvalue weighted by Gasteiger charge is -2.07. The Labute approximate surface area is 268 Å². The number of aryl methyl sites for hydroxylation is 2. The second-order valence-electron chi connectivity index (χ2n) is 9.47. The van der Waals surface area contributed by atoms with Crippen LogP contribution in [-0.4, -0.2) is 25.9 Å². The number of benzene rings is 2. The topological polar surface area (TPSA) is 99.5 Å². The number of amidine groups is 2. The van der Waals surface area contributed by atoms with Gasteiger partial charge >= 0.3 is 11.7 Å². The van der Waals surface area contributed by atoms with Crippen LogP contribution >= 0.6 is 45.3 Å². The smallest absolute Gasteiger partial charge is 0.350 e. The van der Waals surface area contributed by atoms with E-state index in [-0.39, 0.29) is 11.7 Å². The van der Waals surface area contributed by atoms with E-state index in [0.29, 0.717) is 21.5 Å². The van der Waals surface area contributed by atoms with Crippen LogP contribution in [0.4, 0.5) is 10.0 Å². The van der Waals surface area contributed by atoms with Gasteiger partial charge in [-0.3, -0.25) is 0 Å². The summed E-state index contributed by atoms with van der Waals surface area (Å²) in [6, 6.07) is 16.0. The molecule has 6 rings (SSSR count). The summed E-state index contributed by atoms with van der Waals surface area (Å²) < 4.78 is 13.7. The number of rotatable bonds is 6. The zero-order valence-electron chi connectivity index (χ0n) is 23.6. The summed E-state index contributed by atoms with van der Waals surface area (Å²) in [5.74, 6) is 0.872. The van der Waals surface area contributed by atoms with Crippen LogP contribution < -0.4 is 9.47 Å². The Morgan fingerprint density at radius 3 is 1.41 bits per heavy atom. The normalized spacial score (nSPS) is 11.8. The van der Waals surface area contributed by atoms with Gasteiger partial charge < -0.3 is 19.2 Å². The summed E-state index contributed by atoms with van der Waals surface area (Å²) in [5.41, 5.74) is 2.30. The maximum Gasteiger partial charge on any atom is 0.350 e. The molecule has 2 aromatic carbocycles. The van der Waals surface area contributed by atoms with Gasteiger partial charge in [0.2, 0.25) is 10.0 Å². The van der Waals surface area contributed by atoms with Crippen molar-refractivity contribution in [2.24, 2.45) is 9.98 Å². The molecule has 0 unspecified atom stereocenters. The molecule has 0 atom stereocenters. The number of ether oxygens (including phenoxy) is 2. The summed E-state index contributed by atoms with van der Waals surface area (Å²) in [6.45, 7) is 18.5. The van der Waals surface area contributed by atoms with Crippen molar-refractivity contribution in [2.45, 2.75) is 13.8 Å². The van der Waals surface area contributed by atoms with Gasteiger partial charge in [-0.15, -0.1) is 22.7 Å². The van der Waals surface area contributed by atoms with Gasteiger partial charge in [0.1, 0.15) is 23.6 Å². The minimum Gasteiger partial charge on any atom is -0.495 e. The molecule has 8 nitrogen and oxygen atoms in total. The number of nitriles is 2. The molecule has 0 spiro atoms. The quantitative estimate of drug-likeness (QED) is 0.102. The molecule has 0 amide bonds. The average Bonchev–Trinajstić information content (AvgIpc) is 3.83. The Morgan fingerprint density at radius 1 is 0.659 bits per heavy atom. The van der Waals surface area contributed by atoms with E-state index in [1.807, 2.05) is 12.1 Å². The van der Waals surface area contributed by atoms with Crippen LogP contribution in [0.1, 0.15) is 11.1 Å². The average molecular weight is 647 g/mol. The molecule has 12 heteroatoms. The van der Waals surface area contributed by atoms with E-state index in [0.717, 1.165) is 52.2 Å². The lowest BCUT2D eigenvalue weighted by atomic mass is 9.99. The molecule has 0 radical (unpaired) electrons. The van der Waals surface area contributed by atoms with Crippen molar-refractivity contribution < 1.29 is 9.47 Å². The summed E-state index contributed by atoms with van der Waals surface area (Å²) >= 11 is 6.16. The van der Waals surface area contributed by atoms with Crippen LogP contribution in [0.15, 0.2) is 46.4 Å². The van der Waals surface area contributed by atoms with E-state index >= 15 is 0 Å². The zero-order valence-corrected chi connectivity index (χ0v) is 26.9. The highest BCUT2D eigenvalue weighted by molar-refractivity contribution is 7.29. The summed E-state index contributed by atoms with van der Waals surface area (Å²) in [5, 5.41) is 24.0. The molecule has 212 valence electrons. The van der Waals surface area contributed by atoms with Crippen molar-refractivity contribution in [1.82, 2.24) is 0 Å². The Balaban J connectivity index is 1.53. The maximum absolute atomic E-state index is 9.16. The first-order valence-corrected chi connectivity index (χ1v) is 16.1. The molecule has 0 saturated carbocycles. The molecule has 4 aromatic heterocycles. The highest BCUT2D eigenvalue weighted by Crippen LogP contribution is 2.51. The van der Waals surface area contributed by atoms with Crippen LogP contribution in [0.5, 0.6) is 11.5 Å². The monoisotopic (exact) mass is 646 g/mol. The Morgan fingerprint density at radius 2 is 1.07 bits per heavy atom.